The molecule has 2 rings (SSSR count). The van der Waals surface area contributed by atoms with Crippen molar-refractivity contribution in [3.8, 4) is 5.75 Å². The number of nitrogens with two attached hydrogens (primary N) is 1. The predicted octanol–water partition coefficient (Wildman–Crippen LogP) is 1.88. The van der Waals surface area contributed by atoms with Gasteiger partial charge in [-0.3, -0.25) is 0 Å². The Bertz CT molecular complexity index is 350. The molecule has 0 saturated heterocycles. The maximum atomic E-state index is 5.88. The van der Waals surface area contributed by atoms with E-state index in [1.807, 2.05) is 18.2 Å². The molecule has 1 unspecified atom stereocenters. The van der Waals surface area contributed by atoms with Gasteiger partial charge in [-0.25, -0.2) is 0 Å². The standard InChI is InChI=1S/C14H22N2O/c1-17-14-8-3-2-7-13(14)11(9-15)10-16-12-5-4-6-12/h2-3,7-8,11-12,16H,4-6,9-10,15H2,1H3. The predicted molar refractivity (Wildman–Crippen MR) is 70.4 cm³/mol. The van der Waals surface area contributed by atoms with Crippen LogP contribution in [0.25, 0.3) is 0 Å². The second-order valence-electron chi connectivity index (χ2n) is 4.71. The average Bonchev–Trinajstić information content (AvgIpc) is 2.32. The molecule has 3 nitrogen and oxygen atoms in total. The second-order valence-corrected chi connectivity index (χ2v) is 4.71. The first-order valence-electron chi connectivity index (χ1n) is 6.41. The molecule has 0 bridgehead atoms. The topological polar surface area (TPSA) is 47.3 Å². The van der Waals surface area contributed by atoms with Crippen molar-refractivity contribution >= 4 is 0 Å². The molecular formula is C14H22N2O. The maximum Gasteiger partial charge on any atom is 0.122 e. The van der Waals surface area contributed by atoms with E-state index in [0.29, 0.717) is 18.5 Å². The fourth-order valence-electron chi connectivity index (χ4n) is 2.25. The van der Waals surface area contributed by atoms with Gasteiger partial charge >= 0.3 is 0 Å². The Balaban J connectivity index is 1.99. The summed E-state index contributed by atoms with van der Waals surface area (Å²) >= 11 is 0. The molecule has 0 amide bonds. The van der Waals surface area contributed by atoms with Crippen molar-refractivity contribution in [3.05, 3.63) is 29.8 Å². The van der Waals surface area contributed by atoms with Gasteiger partial charge < -0.3 is 15.8 Å². The van der Waals surface area contributed by atoms with Crippen molar-refractivity contribution in [1.82, 2.24) is 5.32 Å². The van der Waals surface area contributed by atoms with Crippen LogP contribution in [-0.2, 0) is 0 Å². The summed E-state index contributed by atoms with van der Waals surface area (Å²) in [5.74, 6) is 1.28. The summed E-state index contributed by atoms with van der Waals surface area (Å²) in [5.41, 5.74) is 7.09. The third-order valence-electron chi connectivity index (χ3n) is 3.62. The third-order valence-corrected chi connectivity index (χ3v) is 3.62. The molecule has 0 spiro atoms. The van der Waals surface area contributed by atoms with Crippen LogP contribution in [0.3, 0.4) is 0 Å². The molecule has 17 heavy (non-hydrogen) atoms. The summed E-state index contributed by atoms with van der Waals surface area (Å²) in [6.07, 6.45) is 3.98. The SMILES string of the molecule is COc1ccccc1C(CN)CNC1CCC1. The van der Waals surface area contributed by atoms with Gasteiger partial charge in [0.05, 0.1) is 7.11 Å². The van der Waals surface area contributed by atoms with Crippen molar-refractivity contribution in [1.29, 1.82) is 0 Å². The van der Waals surface area contributed by atoms with Crippen molar-refractivity contribution in [3.63, 3.8) is 0 Å². The number of rotatable bonds is 6. The molecule has 0 aromatic heterocycles. The second kappa shape index (κ2) is 6.03. The number of benzene rings is 1. The van der Waals surface area contributed by atoms with Gasteiger partial charge in [-0.1, -0.05) is 24.6 Å². The quantitative estimate of drug-likeness (QED) is 0.790. The summed E-state index contributed by atoms with van der Waals surface area (Å²) in [4.78, 5) is 0. The molecule has 1 aromatic rings. The highest BCUT2D eigenvalue weighted by Crippen LogP contribution is 2.26. The van der Waals surface area contributed by atoms with E-state index in [4.69, 9.17) is 10.5 Å². The first-order chi connectivity index (χ1) is 8.35. The number of methoxy groups -OCH3 is 1. The third kappa shape index (κ3) is 2.99. The lowest BCUT2D eigenvalue weighted by molar-refractivity contribution is 0.330. The maximum absolute atomic E-state index is 5.88. The molecule has 1 aliphatic carbocycles. The Morgan fingerprint density at radius 2 is 2.18 bits per heavy atom. The number of hydrogen-bond donors (Lipinski definition) is 2. The van der Waals surface area contributed by atoms with Crippen LogP contribution in [0.2, 0.25) is 0 Å². The molecule has 3 N–H and O–H groups in total. The summed E-state index contributed by atoms with van der Waals surface area (Å²) in [7, 11) is 1.71. The highest BCUT2D eigenvalue weighted by Gasteiger charge is 2.20. The number of para-hydroxylation sites is 1. The highest BCUT2D eigenvalue weighted by atomic mass is 16.5. The first-order valence-corrected chi connectivity index (χ1v) is 6.41. The molecule has 0 radical (unpaired) electrons. The zero-order valence-electron chi connectivity index (χ0n) is 10.5. The van der Waals surface area contributed by atoms with Gasteiger partial charge in [-0.15, -0.1) is 0 Å². The Hall–Kier alpha value is -1.06. The van der Waals surface area contributed by atoms with E-state index >= 15 is 0 Å². The Morgan fingerprint density at radius 1 is 1.41 bits per heavy atom. The van der Waals surface area contributed by atoms with E-state index in [1.54, 1.807) is 7.11 Å². The van der Waals surface area contributed by atoms with E-state index in [9.17, 15) is 0 Å². The lowest BCUT2D eigenvalue weighted by Crippen LogP contribution is -2.39. The van der Waals surface area contributed by atoms with Crippen LogP contribution in [0, 0.1) is 0 Å². The van der Waals surface area contributed by atoms with Crippen LogP contribution in [0.5, 0.6) is 5.75 Å². The zero-order valence-corrected chi connectivity index (χ0v) is 10.5. The molecule has 1 fully saturated rings. The van der Waals surface area contributed by atoms with E-state index in [2.05, 4.69) is 11.4 Å². The monoisotopic (exact) mass is 234 g/mol. The lowest BCUT2D eigenvalue weighted by atomic mass is 9.91. The van der Waals surface area contributed by atoms with Gasteiger partial charge in [0, 0.05) is 25.0 Å². The molecule has 3 heteroatoms. The summed E-state index contributed by atoms with van der Waals surface area (Å²) < 4.78 is 5.39. The average molecular weight is 234 g/mol. The molecule has 0 aliphatic heterocycles. The van der Waals surface area contributed by atoms with E-state index in [0.717, 1.165) is 12.3 Å². The van der Waals surface area contributed by atoms with Crippen molar-refractivity contribution in [2.45, 2.75) is 31.2 Å². The molecule has 1 atom stereocenters. The zero-order chi connectivity index (χ0) is 12.1. The van der Waals surface area contributed by atoms with E-state index in [-0.39, 0.29) is 0 Å². The normalized spacial score (nSPS) is 17.5. The van der Waals surface area contributed by atoms with Gasteiger partial charge in [-0.2, -0.15) is 0 Å². The lowest BCUT2D eigenvalue weighted by Gasteiger charge is -2.29. The highest BCUT2D eigenvalue weighted by molar-refractivity contribution is 5.36. The number of ether oxygens (including phenoxy) is 1. The van der Waals surface area contributed by atoms with Gasteiger partial charge in [-0.05, 0) is 24.5 Å². The Labute approximate surface area is 103 Å². The minimum Gasteiger partial charge on any atom is -0.496 e. The summed E-state index contributed by atoms with van der Waals surface area (Å²) in [6.45, 7) is 1.60. The minimum atomic E-state index is 0.340. The van der Waals surface area contributed by atoms with Crippen LogP contribution in [0.1, 0.15) is 30.7 Å². The van der Waals surface area contributed by atoms with Crippen LogP contribution in [0.15, 0.2) is 24.3 Å². The summed E-state index contributed by atoms with van der Waals surface area (Å²) in [5, 5.41) is 3.58. The van der Waals surface area contributed by atoms with Gasteiger partial charge in [0.1, 0.15) is 5.75 Å². The number of hydrogen-bond acceptors (Lipinski definition) is 3. The first kappa shape index (κ1) is 12.4. The van der Waals surface area contributed by atoms with Crippen molar-refractivity contribution in [2.75, 3.05) is 20.2 Å². The van der Waals surface area contributed by atoms with E-state index in [1.165, 1.54) is 24.8 Å². The minimum absolute atomic E-state index is 0.340. The largest absolute Gasteiger partial charge is 0.496 e. The Kier molecular flexibility index (Phi) is 4.40. The van der Waals surface area contributed by atoms with Gasteiger partial charge in [0.25, 0.3) is 0 Å². The fourth-order valence-corrected chi connectivity index (χ4v) is 2.25. The van der Waals surface area contributed by atoms with Crippen LogP contribution < -0.4 is 15.8 Å². The molecular weight excluding hydrogens is 212 g/mol. The molecule has 1 saturated carbocycles. The fraction of sp³-hybridized carbons (Fsp3) is 0.571. The molecule has 1 aliphatic rings. The van der Waals surface area contributed by atoms with Crippen molar-refractivity contribution < 1.29 is 4.74 Å². The van der Waals surface area contributed by atoms with Crippen LogP contribution >= 0.6 is 0 Å². The molecule has 94 valence electrons. The van der Waals surface area contributed by atoms with Gasteiger partial charge in [0.15, 0.2) is 0 Å². The molecule has 1 aromatic carbocycles. The Morgan fingerprint density at radius 3 is 2.76 bits per heavy atom. The van der Waals surface area contributed by atoms with Crippen LogP contribution in [-0.4, -0.2) is 26.2 Å². The van der Waals surface area contributed by atoms with Gasteiger partial charge in [0.2, 0.25) is 0 Å². The van der Waals surface area contributed by atoms with Crippen LogP contribution in [0.4, 0.5) is 0 Å². The molecule has 0 heterocycles. The van der Waals surface area contributed by atoms with E-state index < -0.39 is 0 Å². The van der Waals surface area contributed by atoms with Crippen molar-refractivity contribution in [2.24, 2.45) is 5.73 Å². The smallest absolute Gasteiger partial charge is 0.122 e. The number of nitrogens with one attached hydrogen (secondary N) is 1. The summed E-state index contributed by atoms with van der Waals surface area (Å²) in [6, 6.07) is 8.86.